The molecule has 12 nitrogen and oxygen atoms in total. The Hall–Kier alpha value is -5.65. The number of nitro groups is 2. The van der Waals surface area contributed by atoms with Gasteiger partial charge in [-0.1, -0.05) is 36.4 Å². The number of aldehydes is 1. The van der Waals surface area contributed by atoms with Crippen molar-refractivity contribution in [2.24, 2.45) is 0 Å². The number of hydrogen-bond donors (Lipinski definition) is 1. The Kier molecular flexibility index (Phi) is 13.6. The van der Waals surface area contributed by atoms with Crippen molar-refractivity contribution in [2.75, 3.05) is 20.0 Å². The van der Waals surface area contributed by atoms with Gasteiger partial charge < -0.3 is 15.2 Å². The van der Waals surface area contributed by atoms with Crippen molar-refractivity contribution in [2.45, 2.75) is 0 Å². The van der Waals surface area contributed by atoms with Crippen molar-refractivity contribution in [3.8, 4) is 0 Å². The summed E-state index contributed by atoms with van der Waals surface area (Å²) in [5.41, 5.74) is 7.93. The lowest BCUT2D eigenvalue weighted by Gasteiger charge is -1.95. The molecule has 0 fully saturated rings. The number of non-ortho nitro benzene ring substituents is 2. The quantitative estimate of drug-likeness (QED) is 0.112. The molecule has 39 heavy (non-hydrogen) atoms. The number of carbonyl (C=O) groups excluding carboxylic acids is 3. The zero-order valence-corrected chi connectivity index (χ0v) is 21.0. The summed E-state index contributed by atoms with van der Waals surface area (Å²) in [7, 11) is 2.60. The Morgan fingerprint density at radius 2 is 1.13 bits per heavy atom. The van der Waals surface area contributed by atoms with E-state index in [4.69, 9.17) is 5.73 Å². The van der Waals surface area contributed by atoms with E-state index in [1.165, 1.54) is 68.8 Å². The first kappa shape index (κ1) is 31.4. The Morgan fingerprint density at radius 3 is 1.54 bits per heavy atom. The van der Waals surface area contributed by atoms with E-state index in [0.29, 0.717) is 23.1 Å². The zero-order chi connectivity index (χ0) is 29.2. The molecule has 0 atom stereocenters. The lowest BCUT2D eigenvalue weighted by atomic mass is 10.2. The van der Waals surface area contributed by atoms with Gasteiger partial charge in [0.25, 0.3) is 11.4 Å². The molecule has 0 radical (unpaired) electrons. The Balaban J connectivity index is 0.000000296. The highest BCUT2D eigenvalue weighted by Gasteiger charge is 2.04. The maximum atomic E-state index is 10.8. The maximum Gasteiger partial charge on any atom is 0.330 e. The number of nitrogen functional groups attached to an aromatic ring is 1. The first-order valence-electron chi connectivity index (χ1n) is 10.9. The van der Waals surface area contributed by atoms with Crippen LogP contribution in [-0.4, -0.2) is 42.3 Å². The molecule has 0 unspecified atom stereocenters. The summed E-state index contributed by atoms with van der Waals surface area (Å²) in [6.07, 6.45) is 6.25. The summed E-state index contributed by atoms with van der Waals surface area (Å²) >= 11 is 0. The van der Waals surface area contributed by atoms with Crippen molar-refractivity contribution < 1.29 is 33.7 Å². The van der Waals surface area contributed by atoms with Gasteiger partial charge in [-0.25, -0.2) is 9.59 Å². The van der Waals surface area contributed by atoms with Crippen LogP contribution in [0.1, 0.15) is 21.5 Å². The molecule has 0 aromatic heterocycles. The molecular weight excluding hydrogens is 510 g/mol. The van der Waals surface area contributed by atoms with Gasteiger partial charge in [0.2, 0.25) is 0 Å². The number of hydrogen-bond acceptors (Lipinski definition) is 10. The third-order valence-corrected chi connectivity index (χ3v) is 4.43. The Labute approximate surface area is 223 Å². The topological polar surface area (TPSA) is 182 Å². The highest BCUT2D eigenvalue weighted by Crippen LogP contribution is 2.14. The summed E-state index contributed by atoms with van der Waals surface area (Å²) in [5.74, 6) is -0.871. The number of carbonyl (C=O) groups is 3. The number of nitro benzene ring substituents is 2. The first-order valence-corrected chi connectivity index (χ1v) is 10.9. The maximum absolute atomic E-state index is 10.8. The number of nitrogens with zero attached hydrogens (tertiary/aromatic N) is 2. The summed E-state index contributed by atoms with van der Waals surface area (Å²) in [4.78, 5) is 51.2. The van der Waals surface area contributed by atoms with Gasteiger partial charge >= 0.3 is 11.9 Å². The fraction of sp³-hybridized carbons (Fsp3) is 0.0741. The third-order valence-electron chi connectivity index (χ3n) is 4.43. The van der Waals surface area contributed by atoms with Gasteiger partial charge in [0.1, 0.15) is 6.29 Å². The van der Waals surface area contributed by atoms with Gasteiger partial charge in [-0.2, -0.15) is 0 Å². The molecule has 0 spiro atoms. The standard InChI is InChI=1S/C10H9NO4.C10H11NO2.C7H5NO3/c1-15-10(12)6-5-8-3-2-4-9(7-8)11(13)14;1-13-10(12)6-5-8-3-2-4-9(11)7-8;9-5-6-2-1-3-7(4-6)8(10)11/h2-7H,1H3;2-7H,11H2,1H3;1-5H/b2*6-5+;. The van der Waals surface area contributed by atoms with Crippen molar-refractivity contribution in [3.63, 3.8) is 0 Å². The second kappa shape index (κ2) is 16.9. The molecule has 2 N–H and O–H groups in total. The molecule has 12 heteroatoms. The summed E-state index contributed by atoms with van der Waals surface area (Å²) in [6, 6.07) is 18.8. The third kappa shape index (κ3) is 12.7. The largest absolute Gasteiger partial charge is 0.466 e. The van der Waals surface area contributed by atoms with Crippen molar-refractivity contribution in [1.82, 2.24) is 0 Å². The molecule has 0 heterocycles. The minimum Gasteiger partial charge on any atom is -0.466 e. The fourth-order valence-corrected chi connectivity index (χ4v) is 2.58. The number of ether oxygens (including phenoxy) is 2. The lowest BCUT2D eigenvalue weighted by molar-refractivity contribution is -0.385. The normalized spacial score (nSPS) is 9.90. The molecule has 0 bridgehead atoms. The summed E-state index contributed by atoms with van der Waals surface area (Å²) in [6.45, 7) is 0. The predicted octanol–water partition coefficient (Wildman–Crippen LogP) is 4.64. The van der Waals surface area contributed by atoms with Crippen LogP contribution in [-0.2, 0) is 19.1 Å². The number of methoxy groups -OCH3 is 2. The van der Waals surface area contributed by atoms with E-state index in [1.54, 1.807) is 30.3 Å². The van der Waals surface area contributed by atoms with E-state index >= 15 is 0 Å². The van der Waals surface area contributed by atoms with Gasteiger partial charge in [0.15, 0.2) is 0 Å². The number of esters is 2. The minimum atomic E-state index is -0.535. The SMILES string of the molecule is COC(=O)/C=C/c1cccc(N)c1.COC(=O)/C=C/c1cccc([N+](=O)[O-])c1.O=Cc1cccc([N+](=O)[O-])c1. The average molecular weight is 536 g/mol. The fourth-order valence-electron chi connectivity index (χ4n) is 2.58. The molecular formula is C27H25N3O9. The van der Waals surface area contributed by atoms with E-state index in [2.05, 4.69) is 9.47 Å². The number of benzene rings is 3. The van der Waals surface area contributed by atoms with Crippen molar-refractivity contribution in [1.29, 1.82) is 0 Å². The lowest BCUT2D eigenvalue weighted by Crippen LogP contribution is -1.93. The van der Waals surface area contributed by atoms with Crippen LogP contribution >= 0.6 is 0 Å². The molecule has 0 aliphatic heterocycles. The van der Waals surface area contributed by atoms with E-state index in [0.717, 1.165) is 5.56 Å². The molecule has 0 aliphatic rings. The van der Waals surface area contributed by atoms with Crippen LogP contribution in [0.2, 0.25) is 0 Å². The first-order chi connectivity index (χ1) is 18.6. The molecule has 0 aliphatic carbocycles. The van der Waals surface area contributed by atoms with E-state index < -0.39 is 15.8 Å². The molecule has 3 rings (SSSR count). The molecule has 3 aromatic rings. The van der Waals surface area contributed by atoms with E-state index in [-0.39, 0.29) is 17.3 Å². The molecule has 202 valence electrons. The van der Waals surface area contributed by atoms with Crippen molar-refractivity contribution in [3.05, 3.63) is 122 Å². The number of rotatable bonds is 7. The predicted molar refractivity (Wildman–Crippen MR) is 145 cm³/mol. The molecule has 0 saturated heterocycles. The van der Waals surface area contributed by atoms with Gasteiger partial charge in [0.05, 0.1) is 24.1 Å². The molecule has 0 amide bonds. The van der Waals surface area contributed by atoms with E-state index in [1.807, 2.05) is 12.1 Å². The second-order valence-electron chi connectivity index (χ2n) is 7.21. The van der Waals surface area contributed by atoms with Gasteiger partial charge in [-0.15, -0.1) is 0 Å². The van der Waals surface area contributed by atoms with Crippen LogP contribution in [0.15, 0.2) is 84.9 Å². The summed E-state index contributed by atoms with van der Waals surface area (Å²) < 4.78 is 8.84. The van der Waals surface area contributed by atoms with Crippen LogP contribution in [0.4, 0.5) is 17.1 Å². The van der Waals surface area contributed by atoms with Crippen LogP contribution in [0.5, 0.6) is 0 Å². The second-order valence-corrected chi connectivity index (χ2v) is 7.21. The Morgan fingerprint density at radius 1 is 0.718 bits per heavy atom. The number of nitrogens with two attached hydrogens (primary N) is 1. The van der Waals surface area contributed by atoms with Crippen LogP contribution < -0.4 is 5.73 Å². The average Bonchev–Trinajstić information content (AvgIpc) is 2.95. The van der Waals surface area contributed by atoms with Crippen LogP contribution in [0, 0.1) is 20.2 Å². The number of anilines is 1. The zero-order valence-electron chi connectivity index (χ0n) is 21.0. The smallest absolute Gasteiger partial charge is 0.330 e. The minimum absolute atomic E-state index is 0.0120. The van der Waals surface area contributed by atoms with Gasteiger partial charge in [-0.05, 0) is 35.4 Å². The molecule has 3 aromatic carbocycles. The molecule has 0 saturated carbocycles. The summed E-state index contributed by atoms with van der Waals surface area (Å²) in [5, 5.41) is 20.6. The Bertz CT molecular complexity index is 1370. The highest BCUT2D eigenvalue weighted by molar-refractivity contribution is 5.87. The van der Waals surface area contributed by atoms with Gasteiger partial charge in [0, 0.05) is 47.7 Å². The van der Waals surface area contributed by atoms with Gasteiger partial charge in [-0.3, -0.25) is 25.0 Å². The highest BCUT2D eigenvalue weighted by atomic mass is 16.6. The van der Waals surface area contributed by atoms with Crippen LogP contribution in [0.3, 0.4) is 0 Å². The van der Waals surface area contributed by atoms with Crippen molar-refractivity contribution >= 4 is 47.4 Å². The van der Waals surface area contributed by atoms with E-state index in [9.17, 15) is 34.6 Å². The monoisotopic (exact) mass is 535 g/mol. The van der Waals surface area contributed by atoms with Crippen LogP contribution in [0.25, 0.3) is 12.2 Å².